The van der Waals surface area contributed by atoms with Gasteiger partial charge >= 0.3 is 5.97 Å². The molecule has 0 aliphatic heterocycles. The number of carboxylic acids is 1. The van der Waals surface area contributed by atoms with E-state index in [9.17, 15) is 4.79 Å². The summed E-state index contributed by atoms with van der Waals surface area (Å²) in [5.41, 5.74) is 0.726. The number of hydrogen-bond acceptors (Lipinski definition) is 2. The van der Waals surface area contributed by atoms with Crippen LogP contribution in [0.15, 0.2) is 28.7 Å². The van der Waals surface area contributed by atoms with Crippen molar-refractivity contribution in [1.29, 1.82) is 0 Å². The number of ether oxygens (including phenoxy) is 1. The lowest BCUT2D eigenvalue weighted by atomic mass is 10.2. The summed E-state index contributed by atoms with van der Waals surface area (Å²) in [5.74, 6) is -0.335. The zero-order chi connectivity index (χ0) is 10.6. The Labute approximate surface area is 90.1 Å². The molecular formula is C10H9BrO3. The Morgan fingerprint density at radius 2 is 2.29 bits per heavy atom. The van der Waals surface area contributed by atoms with E-state index in [2.05, 4.69) is 15.9 Å². The van der Waals surface area contributed by atoms with Gasteiger partial charge in [0, 0.05) is 16.1 Å². The van der Waals surface area contributed by atoms with Gasteiger partial charge < -0.3 is 9.84 Å². The Morgan fingerprint density at radius 1 is 1.57 bits per heavy atom. The number of carboxylic acid groups (broad SMARTS) is 1. The quantitative estimate of drug-likeness (QED) is 0.846. The normalized spacial score (nSPS) is 10.4. The molecule has 14 heavy (non-hydrogen) atoms. The Kier molecular flexibility index (Phi) is 3.71. The highest BCUT2D eigenvalue weighted by Gasteiger charge is 2.00. The second kappa shape index (κ2) is 4.81. The highest BCUT2D eigenvalue weighted by atomic mass is 79.9. The first-order valence-corrected chi connectivity index (χ1v) is 4.67. The van der Waals surface area contributed by atoms with E-state index in [4.69, 9.17) is 9.84 Å². The molecule has 0 atom stereocenters. The van der Waals surface area contributed by atoms with Crippen LogP contribution >= 0.6 is 15.9 Å². The topological polar surface area (TPSA) is 46.5 Å². The third kappa shape index (κ3) is 2.88. The van der Waals surface area contributed by atoms with Gasteiger partial charge in [0.25, 0.3) is 0 Å². The summed E-state index contributed by atoms with van der Waals surface area (Å²) in [5, 5.41) is 8.47. The number of carbonyl (C=O) groups is 1. The summed E-state index contributed by atoms with van der Waals surface area (Å²) in [6, 6.07) is 5.39. The smallest absolute Gasteiger partial charge is 0.328 e. The van der Waals surface area contributed by atoms with Gasteiger partial charge in [-0.25, -0.2) is 4.79 Å². The maximum atomic E-state index is 10.3. The molecule has 0 saturated heterocycles. The highest BCUT2D eigenvalue weighted by molar-refractivity contribution is 9.10. The van der Waals surface area contributed by atoms with Gasteiger partial charge in [0.2, 0.25) is 0 Å². The van der Waals surface area contributed by atoms with E-state index in [1.807, 2.05) is 6.07 Å². The standard InChI is InChI=1S/C10H9BrO3/c1-14-9-4-3-8(11)6-7(9)2-5-10(12)13/h2-6H,1H3,(H,12,13)/b5-2-. The van der Waals surface area contributed by atoms with Crippen molar-refractivity contribution in [3.63, 3.8) is 0 Å². The minimum atomic E-state index is -0.980. The predicted molar refractivity (Wildman–Crippen MR) is 57.4 cm³/mol. The van der Waals surface area contributed by atoms with Crippen LogP contribution in [0.1, 0.15) is 5.56 Å². The van der Waals surface area contributed by atoms with Crippen LogP contribution in [0.5, 0.6) is 5.75 Å². The number of methoxy groups -OCH3 is 1. The third-order valence-corrected chi connectivity index (χ3v) is 2.09. The van der Waals surface area contributed by atoms with E-state index in [1.54, 1.807) is 19.2 Å². The fourth-order valence-electron chi connectivity index (χ4n) is 0.997. The van der Waals surface area contributed by atoms with Crippen molar-refractivity contribution in [2.45, 2.75) is 0 Å². The molecule has 0 heterocycles. The number of aliphatic carboxylic acids is 1. The van der Waals surface area contributed by atoms with E-state index in [0.29, 0.717) is 5.75 Å². The lowest BCUT2D eigenvalue weighted by Crippen LogP contribution is -1.89. The zero-order valence-corrected chi connectivity index (χ0v) is 9.11. The van der Waals surface area contributed by atoms with Crippen LogP contribution in [0, 0.1) is 0 Å². The Hall–Kier alpha value is -1.29. The average Bonchev–Trinajstić information content (AvgIpc) is 2.15. The number of hydrogen-bond donors (Lipinski definition) is 1. The fraction of sp³-hybridized carbons (Fsp3) is 0.100. The van der Waals surface area contributed by atoms with Crippen LogP contribution in [0.2, 0.25) is 0 Å². The number of halogens is 1. The Balaban J connectivity index is 3.04. The number of rotatable bonds is 3. The lowest BCUT2D eigenvalue weighted by Gasteiger charge is -2.04. The van der Waals surface area contributed by atoms with Gasteiger partial charge in [0.1, 0.15) is 5.75 Å². The van der Waals surface area contributed by atoms with Crippen molar-refractivity contribution in [3.05, 3.63) is 34.3 Å². The van der Waals surface area contributed by atoms with Gasteiger partial charge in [-0.1, -0.05) is 15.9 Å². The minimum Gasteiger partial charge on any atom is -0.496 e. The first kappa shape index (κ1) is 10.8. The van der Waals surface area contributed by atoms with Crippen molar-refractivity contribution in [1.82, 2.24) is 0 Å². The molecule has 1 aromatic rings. The summed E-state index contributed by atoms with van der Waals surface area (Å²) in [7, 11) is 1.54. The summed E-state index contributed by atoms with van der Waals surface area (Å²) in [4.78, 5) is 10.3. The average molecular weight is 257 g/mol. The first-order chi connectivity index (χ1) is 6.63. The molecule has 0 amide bonds. The van der Waals surface area contributed by atoms with Gasteiger partial charge in [-0.05, 0) is 24.3 Å². The molecule has 1 N–H and O–H groups in total. The zero-order valence-electron chi connectivity index (χ0n) is 7.53. The van der Waals surface area contributed by atoms with Crippen molar-refractivity contribution < 1.29 is 14.6 Å². The van der Waals surface area contributed by atoms with Crippen LogP contribution in [0.3, 0.4) is 0 Å². The molecule has 0 radical (unpaired) electrons. The maximum absolute atomic E-state index is 10.3. The van der Waals surface area contributed by atoms with Crippen molar-refractivity contribution >= 4 is 28.0 Å². The molecule has 0 aliphatic carbocycles. The second-order valence-corrected chi connectivity index (χ2v) is 3.47. The Morgan fingerprint density at radius 3 is 2.86 bits per heavy atom. The summed E-state index contributed by atoms with van der Waals surface area (Å²) < 4.78 is 5.95. The van der Waals surface area contributed by atoms with E-state index in [0.717, 1.165) is 16.1 Å². The molecule has 0 saturated carbocycles. The molecule has 1 rings (SSSR count). The van der Waals surface area contributed by atoms with Crippen LogP contribution in [-0.2, 0) is 4.79 Å². The van der Waals surface area contributed by atoms with Gasteiger partial charge in [-0.2, -0.15) is 0 Å². The summed E-state index contributed by atoms with van der Waals surface area (Å²) >= 11 is 3.30. The molecule has 74 valence electrons. The Bertz CT molecular complexity index is 372. The lowest BCUT2D eigenvalue weighted by molar-refractivity contribution is -0.131. The minimum absolute atomic E-state index is 0.644. The van der Waals surface area contributed by atoms with Crippen molar-refractivity contribution in [2.75, 3.05) is 7.11 Å². The van der Waals surface area contributed by atoms with Gasteiger partial charge in [-0.3, -0.25) is 0 Å². The molecule has 3 nitrogen and oxygen atoms in total. The number of benzene rings is 1. The molecule has 0 unspecified atom stereocenters. The molecule has 0 fully saturated rings. The monoisotopic (exact) mass is 256 g/mol. The predicted octanol–water partition coefficient (Wildman–Crippen LogP) is 2.56. The SMILES string of the molecule is COc1ccc(Br)cc1/C=C\C(=O)O. The van der Waals surface area contributed by atoms with Crippen LogP contribution in [0.25, 0.3) is 6.08 Å². The van der Waals surface area contributed by atoms with Gasteiger partial charge in [-0.15, -0.1) is 0 Å². The van der Waals surface area contributed by atoms with E-state index >= 15 is 0 Å². The van der Waals surface area contributed by atoms with Crippen LogP contribution < -0.4 is 4.74 Å². The van der Waals surface area contributed by atoms with E-state index in [-0.39, 0.29) is 0 Å². The molecule has 0 aliphatic rings. The molecule has 0 bridgehead atoms. The fourth-order valence-corrected chi connectivity index (χ4v) is 1.38. The van der Waals surface area contributed by atoms with E-state index in [1.165, 1.54) is 6.08 Å². The van der Waals surface area contributed by atoms with E-state index < -0.39 is 5.97 Å². The van der Waals surface area contributed by atoms with Crippen LogP contribution in [-0.4, -0.2) is 18.2 Å². The van der Waals surface area contributed by atoms with Crippen LogP contribution in [0.4, 0.5) is 0 Å². The molecule has 0 spiro atoms. The largest absolute Gasteiger partial charge is 0.496 e. The van der Waals surface area contributed by atoms with Gasteiger partial charge in [0.05, 0.1) is 7.11 Å². The summed E-state index contributed by atoms with van der Waals surface area (Å²) in [6.07, 6.45) is 2.57. The summed E-state index contributed by atoms with van der Waals surface area (Å²) in [6.45, 7) is 0. The third-order valence-electron chi connectivity index (χ3n) is 1.60. The molecule has 0 aromatic heterocycles. The van der Waals surface area contributed by atoms with Crippen molar-refractivity contribution in [3.8, 4) is 5.75 Å². The first-order valence-electron chi connectivity index (χ1n) is 3.88. The highest BCUT2D eigenvalue weighted by Crippen LogP contribution is 2.23. The van der Waals surface area contributed by atoms with Gasteiger partial charge in [0.15, 0.2) is 0 Å². The second-order valence-electron chi connectivity index (χ2n) is 2.56. The molecule has 1 aromatic carbocycles. The van der Waals surface area contributed by atoms with Crippen molar-refractivity contribution in [2.24, 2.45) is 0 Å². The molecular weight excluding hydrogens is 248 g/mol. The maximum Gasteiger partial charge on any atom is 0.328 e. The molecule has 4 heteroatoms.